The lowest BCUT2D eigenvalue weighted by Crippen LogP contribution is -2.19. The van der Waals surface area contributed by atoms with Gasteiger partial charge in [0, 0.05) is 12.6 Å². The van der Waals surface area contributed by atoms with Crippen molar-refractivity contribution in [3.05, 3.63) is 29.8 Å². The first-order valence-corrected chi connectivity index (χ1v) is 7.85. The molecule has 0 fully saturated rings. The van der Waals surface area contributed by atoms with Gasteiger partial charge in [-0.05, 0) is 50.4 Å². The summed E-state index contributed by atoms with van der Waals surface area (Å²) in [5.41, 5.74) is 1.30. The quantitative estimate of drug-likeness (QED) is 0.607. The van der Waals surface area contributed by atoms with Gasteiger partial charge in [0.2, 0.25) is 0 Å². The van der Waals surface area contributed by atoms with Crippen molar-refractivity contribution in [2.45, 2.75) is 52.0 Å². The molecule has 0 aromatic heterocycles. The Labute approximate surface area is 123 Å². The summed E-state index contributed by atoms with van der Waals surface area (Å²) in [6, 6.07) is 8.73. The maximum absolute atomic E-state index is 8.71. The minimum absolute atomic E-state index is 0.316. The van der Waals surface area contributed by atoms with E-state index in [9.17, 15) is 0 Å². The minimum Gasteiger partial charge on any atom is -0.494 e. The lowest BCUT2D eigenvalue weighted by atomic mass is 10.1. The molecule has 2 N–H and O–H groups in total. The number of hydrogen-bond acceptors (Lipinski definition) is 3. The molecule has 0 saturated heterocycles. The number of hydrogen-bond donors (Lipinski definition) is 2. The molecule has 1 aromatic carbocycles. The average Bonchev–Trinajstić information content (AvgIpc) is 2.49. The number of aliphatic hydroxyl groups excluding tert-OH is 1. The molecule has 0 aliphatic carbocycles. The van der Waals surface area contributed by atoms with E-state index in [0.29, 0.717) is 12.6 Å². The monoisotopic (exact) mass is 279 g/mol. The Morgan fingerprint density at radius 2 is 1.80 bits per heavy atom. The van der Waals surface area contributed by atoms with Crippen LogP contribution in [0.4, 0.5) is 0 Å². The van der Waals surface area contributed by atoms with E-state index in [1.807, 2.05) is 12.1 Å². The topological polar surface area (TPSA) is 41.5 Å². The molecule has 0 amide bonds. The van der Waals surface area contributed by atoms with Crippen LogP contribution < -0.4 is 10.1 Å². The zero-order valence-corrected chi connectivity index (χ0v) is 12.9. The Balaban J connectivity index is 2.23. The molecule has 1 atom stereocenters. The molecule has 0 bridgehead atoms. The van der Waals surface area contributed by atoms with E-state index in [-0.39, 0.29) is 0 Å². The Morgan fingerprint density at radius 1 is 1.10 bits per heavy atom. The fraction of sp³-hybridized carbons (Fsp3) is 0.647. The van der Waals surface area contributed by atoms with E-state index >= 15 is 0 Å². The molecular weight excluding hydrogens is 250 g/mol. The summed E-state index contributed by atoms with van der Waals surface area (Å²) in [5.74, 6) is 0.951. The van der Waals surface area contributed by atoms with Crippen molar-refractivity contribution in [3.63, 3.8) is 0 Å². The van der Waals surface area contributed by atoms with Crippen LogP contribution in [0, 0.1) is 0 Å². The van der Waals surface area contributed by atoms with Gasteiger partial charge in [-0.1, -0.05) is 31.9 Å². The Bertz CT molecular complexity index is 337. The molecule has 0 aliphatic heterocycles. The SMILES string of the molecule is CCCOc1ccc(C(C)NCCCCCCO)cc1. The van der Waals surface area contributed by atoms with E-state index in [0.717, 1.165) is 38.2 Å². The molecule has 0 aliphatic rings. The lowest BCUT2D eigenvalue weighted by molar-refractivity contribution is 0.282. The predicted octanol–water partition coefficient (Wildman–Crippen LogP) is 3.68. The van der Waals surface area contributed by atoms with Crippen LogP contribution in [0.2, 0.25) is 0 Å². The van der Waals surface area contributed by atoms with Gasteiger partial charge in [0.15, 0.2) is 0 Å². The number of nitrogens with one attached hydrogen (secondary N) is 1. The van der Waals surface area contributed by atoms with Crippen molar-refractivity contribution in [1.82, 2.24) is 5.32 Å². The first-order valence-electron chi connectivity index (χ1n) is 7.85. The third-order valence-corrected chi connectivity index (χ3v) is 3.39. The molecule has 3 nitrogen and oxygen atoms in total. The summed E-state index contributed by atoms with van der Waals surface area (Å²) >= 11 is 0. The number of aliphatic hydroxyl groups is 1. The van der Waals surface area contributed by atoms with Crippen LogP contribution in [0.5, 0.6) is 5.75 Å². The van der Waals surface area contributed by atoms with Crippen LogP contribution in [-0.4, -0.2) is 24.9 Å². The zero-order valence-electron chi connectivity index (χ0n) is 12.9. The second-order valence-corrected chi connectivity index (χ2v) is 5.23. The molecule has 114 valence electrons. The molecule has 0 spiro atoms. The smallest absolute Gasteiger partial charge is 0.119 e. The van der Waals surface area contributed by atoms with E-state index in [2.05, 4.69) is 31.3 Å². The van der Waals surface area contributed by atoms with Crippen molar-refractivity contribution in [1.29, 1.82) is 0 Å². The highest BCUT2D eigenvalue weighted by molar-refractivity contribution is 5.28. The Kier molecular flexibility index (Phi) is 9.09. The lowest BCUT2D eigenvalue weighted by Gasteiger charge is -2.15. The highest BCUT2D eigenvalue weighted by Gasteiger charge is 2.04. The van der Waals surface area contributed by atoms with Crippen LogP contribution >= 0.6 is 0 Å². The summed E-state index contributed by atoms with van der Waals surface area (Å²) in [6.07, 6.45) is 5.44. The molecule has 0 heterocycles. The van der Waals surface area contributed by atoms with Gasteiger partial charge in [-0.3, -0.25) is 0 Å². The highest BCUT2D eigenvalue weighted by Crippen LogP contribution is 2.17. The normalized spacial score (nSPS) is 12.3. The fourth-order valence-corrected chi connectivity index (χ4v) is 2.10. The van der Waals surface area contributed by atoms with Gasteiger partial charge in [0.1, 0.15) is 5.75 Å². The van der Waals surface area contributed by atoms with Gasteiger partial charge in [-0.2, -0.15) is 0 Å². The van der Waals surface area contributed by atoms with Crippen LogP contribution in [0.25, 0.3) is 0 Å². The van der Waals surface area contributed by atoms with E-state index in [1.54, 1.807) is 0 Å². The van der Waals surface area contributed by atoms with Crippen LogP contribution in [0.1, 0.15) is 57.6 Å². The Morgan fingerprint density at radius 3 is 2.45 bits per heavy atom. The summed E-state index contributed by atoms with van der Waals surface area (Å²) in [7, 11) is 0. The highest BCUT2D eigenvalue weighted by atomic mass is 16.5. The third kappa shape index (κ3) is 6.92. The minimum atomic E-state index is 0.316. The predicted molar refractivity (Wildman–Crippen MR) is 84.2 cm³/mol. The van der Waals surface area contributed by atoms with Crippen molar-refractivity contribution in [2.24, 2.45) is 0 Å². The maximum Gasteiger partial charge on any atom is 0.119 e. The van der Waals surface area contributed by atoms with Crippen molar-refractivity contribution >= 4 is 0 Å². The average molecular weight is 279 g/mol. The third-order valence-electron chi connectivity index (χ3n) is 3.39. The van der Waals surface area contributed by atoms with Crippen LogP contribution in [0.3, 0.4) is 0 Å². The van der Waals surface area contributed by atoms with Crippen LogP contribution in [-0.2, 0) is 0 Å². The largest absolute Gasteiger partial charge is 0.494 e. The summed E-state index contributed by atoms with van der Waals surface area (Å²) in [5, 5.41) is 12.2. The molecule has 0 radical (unpaired) electrons. The van der Waals surface area contributed by atoms with E-state index in [4.69, 9.17) is 9.84 Å². The Hall–Kier alpha value is -1.06. The van der Waals surface area contributed by atoms with Crippen molar-refractivity contribution < 1.29 is 9.84 Å². The molecule has 1 rings (SSSR count). The second kappa shape index (κ2) is 10.7. The first-order chi connectivity index (χ1) is 9.77. The number of unbranched alkanes of at least 4 members (excludes halogenated alkanes) is 3. The van der Waals surface area contributed by atoms with Gasteiger partial charge in [-0.25, -0.2) is 0 Å². The molecule has 20 heavy (non-hydrogen) atoms. The summed E-state index contributed by atoms with van der Waals surface area (Å²) in [6.45, 7) is 6.43. The van der Waals surface area contributed by atoms with Gasteiger partial charge >= 0.3 is 0 Å². The van der Waals surface area contributed by atoms with Gasteiger partial charge in [-0.15, -0.1) is 0 Å². The molecule has 1 unspecified atom stereocenters. The van der Waals surface area contributed by atoms with E-state index in [1.165, 1.54) is 18.4 Å². The summed E-state index contributed by atoms with van der Waals surface area (Å²) in [4.78, 5) is 0. The number of benzene rings is 1. The standard InChI is InChI=1S/C17H29NO2/c1-3-14-20-17-10-8-16(9-11-17)15(2)18-12-6-4-5-7-13-19/h8-11,15,18-19H,3-7,12-14H2,1-2H3. The first kappa shape index (κ1) is 17.0. The molecule has 0 saturated carbocycles. The van der Waals surface area contributed by atoms with Crippen LogP contribution in [0.15, 0.2) is 24.3 Å². The zero-order chi connectivity index (χ0) is 14.6. The number of ether oxygens (including phenoxy) is 1. The van der Waals surface area contributed by atoms with E-state index < -0.39 is 0 Å². The van der Waals surface area contributed by atoms with Gasteiger partial charge in [0.05, 0.1) is 6.61 Å². The van der Waals surface area contributed by atoms with Crippen molar-refractivity contribution in [2.75, 3.05) is 19.8 Å². The van der Waals surface area contributed by atoms with Gasteiger partial charge < -0.3 is 15.2 Å². The molecule has 3 heteroatoms. The summed E-state index contributed by atoms with van der Waals surface area (Å²) < 4.78 is 5.59. The fourth-order valence-electron chi connectivity index (χ4n) is 2.10. The second-order valence-electron chi connectivity index (χ2n) is 5.23. The molecular formula is C17H29NO2. The van der Waals surface area contributed by atoms with Crippen molar-refractivity contribution in [3.8, 4) is 5.75 Å². The maximum atomic E-state index is 8.71. The van der Waals surface area contributed by atoms with Gasteiger partial charge in [0.25, 0.3) is 0 Å². The molecule has 1 aromatic rings. The number of rotatable bonds is 11.